The minimum atomic E-state index is -0.0670. The van der Waals surface area contributed by atoms with Gasteiger partial charge in [0.1, 0.15) is 4.88 Å². The van der Waals surface area contributed by atoms with Crippen molar-refractivity contribution in [2.75, 3.05) is 11.4 Å². The summed E-state index contributed by atoms with van der Waals surface area (Å²) in [6.45, 7) is 0.532. The lowest BCUT2D eigenvalue weighted by molar-refractivity contribution is 0.0987. The Morgan fingerprint density at radius 3 is 2.89 bits per heavy atom. The van der Waals surface area contributed by atoms with Gasteiger partial charge in [0.05, 0.1) is 5.02 Å². The Hall–Kier alpha value is -1.36. The number of anilines is 1. The lowest BCUT2D eigenvalue weighted by Crippen LogP contribution is -2.46. The minimum absolute atomic E-state index is 0.0300. The maximum absolute atomic E-state index is 12.6. The van der Waals surface area contributed by atoms with Crippen molar-refractivity contribution >= 4 is 34.5 Å². The number of amides is 1. The molecule has 0 spiro atoms. The molecule has 1 amide bonds. The van der Waals surface area contributed by atoms with Crippen molar-refractivity contribution in [3.63, 3.8) is 0 Å². The molecule has 3 rings (SSSR count). The first-order valence-corrected chi connectivity index (χ1v) is 7.31. The third-order valence-corrected chi connectivity index (χ3v) is 4.57. The Balaban J connectivity index is 2.02. The molecule has 5 heteroatoms. The molecule has 1 unspecified atom stereocenters. The number of carbonyl (C=O) groups excluding carboxylic acids is 1. The van der Waals surface area contributed by atoms with E-state index in [1.54, 1.807) is 11.0 Å². The van der Waals surface area contributed by atoms with Crippen LogP contribution in [0.15, 0.2) is 35.7 Å². The SMILES string of the molecule is NC1Cc2ccccc2N(C(=O)c2sccc2Cl)C1. The summed E-state index contributed by atoms with van der Waals surface area (Å²) in [5, 5.41) is 2.33. The molecule has 98 valence electrons. The van der Waals surface area contributed by atoms with Gasteiger partial charge in [-0.3, -0.25) is 4.79 Å². The standard InChI is InChI=1S/C14H13ClN2OS/c15-11-5-6-19-13(11)14(18)17-8-10(16)7-9-3-1-2-4-12(9)17/h1-6,10H,7-8,16H2. The van der Waals surface area contributed by atoms with E-state index in [4.69, 9.17) is 17.3 Å². The lowest BCUT2D eigenvalue weighted by Gasteiger charge is -2.32. The van der Waals surface area contributed by atoms with Gasteiger partial charge in [0.25, 0.3) is 5.91 Å². The van der Waals surface area contributed by atoms with Crippen molar-refractivity contribution in [1.82, 2.24) is 0 Å². The zero-order valence-corrected chi connectivity index (χ0v) is 11.7. The molecule has 2 aromatic rings. The molecule has 1 atom stereocenters. The summed E-state index contributed by atoms with van der Waals surface area (Å²) in [6.07, 6.45) is 0.804. The maximum Gasteiger partial charge on any atom is 0.269 e. The zero-order chi connectivity index (χ0) is 13.4. The van der Waals surface area contributed by atoms with Gasteiger partial charge in [-0.05, 0) is 29.5 Å². The Kier molecular flexibility index (Phi) is 3.31. The fourth-order valence-electron chi connectivity index (χ4n) is 2.39. The molecule has 2 heterocycles. The van der Waals surface area contributed by atoms with Crippen molar-refractivity contribution in [1.29, 1.82) is 0 Å². The highest BCUT2D eigenvalue weighted by Crippen LogP contribution is 2.31. The molecular formula is C14H13ClN2OS. The number of hydrogen-bond donors (Lipinski definition) is 1. The molecule has 0 bridgehead atoms. The van der Waals surface area contributed by atoms with Crippen LogP contribution in [0.25, 0.3) is 0 Å². The van der Waals surface area contributed by atoms with Gasteiger partial charge < -0.3 is 10.6 Å². The molecule has 0 saturated heterocycles. The topological polar surface area (TPSA) is 46.3 Å². The molecule has 1 aliphatic heterocycles. The highest BCUT2D eigenvalue weighted by Gasteiger charge is 2.28. The average molecular weight is 293 g/mol. The molecule has 19 heavy (non-hydrogen) atoms. The first kappa shape index (κ1) is 12.7. The maximum atomic E-state index is 12.6. The van der Waals surface area contributed by atoms with Crippen LogP contribution < -0.4 is 10.6 Å². The van der Waals surface area contributed by atoms with E-state index in [2.05, 4.69) is 0 Å². The fraction of sp³-hybridized carbons (Fsp3) is 0.214. The van der Waals surface area contributed by atoms with Gasteiger partial charge in [0.15, 0.2) is 0 Å². The van der Waals surface area contributed by atoms with Gasteiger partial charge in [-0.25, -0.2) is 0 Å². The van der Waals surface area contributed by atoms with Crippen LogP contribution in [0.5, 0.6) is 0 Å². The van der Waals surface area contributed by atoms with Crippen molar-refractivity contribution in [3.8, 4) is 0 Å². The van der Waals surface area contributed by atoms with E-state index < -0.39 is 0 Å². The van der Waals surface area contributed by atoms with E-state index in [0.29, 0.717) is 16.4 Å². The molecule has 0 saturated carbocycles. The highest BCUT2D eigenvalue weighted by atomic mass is 35.5. The fourth-order valence-corrected chi connectivity index (χ4v) is 3.47. The Bertz CT molecular complexity index is 625. The van der Waals surface area contributed by atoms with Gasteiger partial charge in [0.2, 0.25) is 0 Å². The van der Waals surface area contributed by atoms with Crippen molar-refractivity contribution < 1.29 is 4.79 Å². The summed E-state index contributed by atoms with van der Waals surface area (Å²) in [5.74, 6) is -0.0670. The number of rotatable bonds is 1. The van der Waals surface area contributed by atoms with E-state index in [0.717, 1.165) is 17.7 Å². The van der Waals surface area contributed by atoms with E-state index in [9.17, 15) is 4.79 Å². The number of halogens is 1. The van der Waals surface area contributed by atoms with Crippen molar-refractivity contribution in [2.24, 2.45) is 5.73 Å². The van der Waals surface area contributed by atoms with E-state index >= 15 is 0 Å². The summed E-state index contributed by atoms with van der Waals surface area (Å²) in [6, 6.07) is 9.60. The van der Waals surface area contributed by atoms with Gasteiger partial charge in [0, 0.05) is 18.3 Å². The Morgan fingerprint density at radius 1 is 1.37 bits per heavy atom. The van der Waals surface area contributed by atoms with Gasteiger partial charge in [-0.15, -0.1) is 11.3 Å². The lowest BCUT2D eigenvalue weighted by atomic mass is 9.98. The monoisotopic (exact) mass is 292 g/mol. The molecule has 3 nitrogen and oxygen atoms in total. The second-order valence-corrected chi connectivity index (χ2v) is 5.93. The predicted octanol–water partition coefficient (Wildman–Crippen LogP) is 2.93. The number of carbonyl (C=O) groups is 1. The number of thiophene rings is 1. The van der Waals surface area contributed by atoms with Crippen molar-refractivity contribution in [2.45, 2.75) is 12.5 Å². The number of nitrogens with zero attached hydrogens (tertiary/aromatic N) is 1. The third kappa shape index (κ3) is 2.27. The number of benzene rings is 1. The van der Waals surface area contributed by atoms with E-state index in [-0.39, 0.29) is 11.9 Å². The largest absolute Gasteiger partial charge is 0.326 e. The molecule has 0 fully saturated rings. The van der Waals surface area contributed by atoms with Gasteiger partial charge >= 0.3 is 0 Å². The van der Waals surface area contributed by atoms with Crippen molar-refractivity contribution in [3.05, 3.63) is 51.2 Å². The van der Waals surface area contributed by atoms with Gasteiger partial charge in [-0.2, -0.15) is 0 Å². The molecule has 1 aromatic heterocycles. The summed E-state index contributed by atoms with van der Waals surface area (Å²) in [7, 11) is 0. The molecule has 1 aliphatic rings. The highest BCUT2D eigenvalue weighted by molar-refractivity contribution is 7.12. The quantitative estimate of drug-likeness (QED) is 0.878. The summed E-state index contributed by atoms with van der Waals surface area (Å²) < 4.78 is 0. The number of fused-ring (bicyclic) bond motifs is 1. The average Bonchev–Trinajstić information content (AvgIpc) is 2.83. The number of para-hydroxylation sites is 1. The second kappa shape index (κ2) is 4.96. The molecule has 1 aromatic carbocycles. The van der Waals surface area contributed by atoms with Crippen LogP contribution in [0.2, 0.25) is 5.02 Å². The normalized spacial score (nSPS) is 18.2. The van der Waals surface area contributed by atoms with Crippen LogP contribution in [0.3, 0.4) is 0 Å². The van der Waals surface area contributed by atoms with Crippen LogP contribution >= 0.6 is 22.9 Å². The van der Waals surface area contributed by atoms with Crippen LogP contribution in [0, 0.1) is 0 Å². The smallest absolute Gasteiger partial charge is 0.269 e. The van der Waals surface area contributed by atoms with Crippen LogP contribution in [0.1, 0.15) is 15.2 Å². The van der Waals surface area contributed by atoms with Crippen LogP contribution in [-0.4, -0.2) is 18.5 Å². The first-order chi connectivity index (χ1) is 9.16. The first-order valence-electron chi connectivity index (χ1n) is 6.05. The zero-order valence-electron chi connectivity index (χ0n) is 10.2. The van der Waals surface area contributed by atoms with E-state index in [1.165, 1.54) is 11.3 Å². The van der Waals surface area contributed by atoms with E-state index in [1.807, 2.05) is 29.6 Å². The summed E-state index contributed by atoms with van der Waals surface area (Å²) in [4.78, 5) is 14.9. The summed E-state index contributed by atoms with van der Waals surface area (Å²) in [5.41, 5.74) is 8.10. The Morgan fingerprint density at radius 2 is 2.16 bits per heavy atom. The molecule has 2 N–H and O–H groups in total. The third-order valence-electron chi connectivity index (χ3n) is 3.24. The molecule has 0 aliphatic carbocycles. The number of nitrogens with two attached hydrogens (primary N) is 1. The van der Waals surface area contributed by atoms with Crippen LogP contribution in [-0.2, 0) is 6.42 Å². The van der Waals surface area contributed by atoms with Crippen LogP contribution in [0.4, 0.5) is 5.69 Å². The Labute approximate surface area is 120 Å². The molecular weight excluding hydrogens is 280 g/mol. The number of hydrogen-bond acceptors (Lipinski definition) is 3. The van der Waals surface area contributed by atoms with Gasteiger partial charge in [-0.1, -0.05) is 29.8 Å². The molecule has 0 radical (unpaired) electrons. The predicted molar refractivity (Wildman–Crippen MR) is 79.1 cm³/mol. The summed E-state index contributed by atoms with van der Waals surface area (Å²) >= 11 is 7.41. The minimum Gasteiger partial charge on any atom is -0.326 e. The second-order valence-electron chi connectivity index (χ2n) is 4.61.